The van der Waals surface area contributed by atoms with Crippen LogP contribution in [0.2, 0.25) is 0 Å². The molecule has 21 heavy (non-hydrogen) atoms. The average molecular weight is 312 g/mol. The standard InChI is InChI=1S/C15H21N3O2.ClH/c1-3-9(2)14(16)15(20)17-11-6-4-10-5-7-13(19)18-12(10)8-11;/h4,6,8-9,14H,3,5,7,16H2,1-2H3,(H,17,20)(H,18,19);1H. The van der Waals surface area contributed by atoms with Crippen LogP contribution in [0.5, 0.6) is 0 Å². The molecule has 1 aromatic rings. The summed E-state index contributed by atoms with van der Waals surface area (Å²) in [6, 6.07) is 5.04. The van der Waals surface area contributed by atoms with Gasteiger partial charge in [0, 0.05) is 17.8 Å². The normalized spacial score (nSPS) is 16.0. The Bertz CT molecular complexity index is 534. The van der Waals surface area contributed by atoms with Crippen LogP contribution in [0.3, 0.4) is 0 Å². The molecule has 4 N–H and O–H groups in total. The highest BCUT2D eigenvalue weighted by molar-refractivity contribution is 5.98. The van der Waals surface area contributed by atoms with Crippen molar-refractivity contribution in [1.29, 1.82) is 0 Å². The van der Waals surface area contributed by atoms with Crippen molar-refractivity contribution >= 4 is 35.6 Å². The number of nitrogens with one attached hydrogen (secondary N) is 2. The van der Waals surface area contributed by atoms with Gasteiger partial charge in [-0.3, -0.25) is 9.59 Å². The van der Waals surface area contributed by atoms with E-state index in [1.165, 1.54) is 0 Å². The molecular formula is C15H22ClN3O2. The van der Waals surface area contributed by atoms with Crippen LogP contribution in [0.15, 0.2) is 18.2 Å². The minimum Gasteiger partial charge on any atom is -0.326 e. The third-order valence-corrected chi connectivity index (χ3v) is 3.83. The van der Waals surface area contributed by atoms with Crippen LogP contribution in [0.1, 0.15) is 32.3 Å². The van der Waals surface area contributed by atoms with E-state index >= 15 is 0 Å². The maximum Gasteiger partial charge on any atom is 0.241 e. The Labute approximate surface area is 131 Å². The van der Waals surface area contributed by atoms with E-state index in [1.807, 2.05) is 26.0 Å². The van der Waals surface area contributed by atoms with Gasteiger partial charge in [-0.25, -0.2) is 0 Å². The van der Waals surface area contributed by atoms with Crippen molar-refractivity contribution in [3.8, 4) is 0 Å². The van der Waals surface area contributed by atoms with E-state index in [9.17, 15) is 9.59 Å². The minimum absolute atomic E-state index is 0. The summed E-state index contributed by atoms with van der Waals surface area (Å²) >= 11 is 0. The van der Waals surface area contributed by atoms with Crippen molar-refractivity contribution in [2.45, 2.75) is 39.2 Å². The number of carbonyl (C=O) groups excluding carboxylic acids is 2. The Hall–Kier alpha value is -1.59. The van der Waals surface area contributed by atoms with Gasteiger partial charge in [-0.15, -0.1) is 12.4 Å². The molecule has 0 saturated carbocycles. The van der Waals surface area contributed by atoms with Crippen LogP contribution < -0.4 is 16.4 Å². The number of fused-ring (bicyclic) bond motifs is 1. The second-order valence-electron chi connectivity index (χ2n) is 5.32. The molecule has 1 aliphatic heterocycles. The summed E-state index contributed by atoms with van der Waals surface area (Å²) < 4.78 is 0. The Balaban J connectivity index is 0.00000220. The molecule has 116 valence electrons. The van der Waals surface area contributed by atoms with Gasteiger partial charge in [0.1, 0.15) is 0 Å². The lowest BCUT2D eigenvalue weighted by atomic mass is 9.99. The molecule has 1 heterocycles. The monoisotopic (exact) mass is 311 g/mol. The number of nitrogens with two attached hydrogens (primary N) is 1. The van der Waals surface area contributed by atoms with E-state index in [0.717, 1.165) is 24.1 Å². The lowest BCUT2D eigenvalue weighted by Gasteiger charge is -2.20. The summed E-state index contributed by atoms with van der Waals surface area (Å²) in [5.74, 6) is -0.0500. The zero-order valence-corrected chi connectivity index (χ0v) is 13.1. The molecule has 2 atom stereocenters. The predicted octanol–water partition coefficient (Wildman–Crippen LogP) is 2.31. The quantitative estimate of drug-likeness (QED) is 0.797. The van der Waals surface area contributed by atoms with Gasteiger partial charge < -0.3 is 16.4 Å². The first kappa shape index (κ1) is 17.5. The minimum atomic E-state index is -0.523. The van der Waals surface area contributed by atoms with E-state index in [0.29, 0.717) is 12.1 Å². The van der Waals surface area contributed by atoms with Crippen molar-refractivity contribution in [3.63, 3.8) is 0 Å². The molecule has 2 rings (SSSR count). The van der Waals surface area contributed by atoms with Crippen molar-refractivity contribution < 1.29 is 9.59 Å². The predicted molar refractivity (Wildman–Crippen MR) is 86.7 cm³/mol. The number of benzene rings is 1. The summed E-state index contributed by atoms with van der Waals surface area (Å²) in [7, 11) is 0. The third kappa shape index (κ3) is 4.19. The van der Waals surface area contributed by atoms with Crippen LogP contribution in [-0.2, 0) is 16.0 Å². The summed E-state index contributed by atoms with van der Waals surface area (Å²) in [4.78, 5) is 23.4. The molecule has 0 aromatic heterocycles. The van der Waals surface area contributed by atoms with Gasteiger partial charge >= 0.3 is 0 Å². The molecule has 5 nitrogen and oxygen atoms in total. The topological polar surface area (TPSA) is 84.2 Å². The maximum absolute atomic E-state index is 12.0. The summed E-state index contributed by atoms with van der Waals surface area (Å²) in [5.41, 5.74) is 8.42. The molecule has 0 radical (unpaired) electrons. The number of aryl methyl sites for hydroxylation is 1. The van der Waals surface area contributed by atoms with Crippen molar-refractivity contribution in [3.05, 3.63) is 23.8 Å². The fraction of sp³-hybridized carbons (Fsp3) is 0.467. The fourth-order valence-electron chi connectivity index (χ4n) is 2.19. The molecule has 0 aliphatic carbocycles. The zero-order chi connectivity index (χ0) is 14.7. The Morgan fingerprint density at radius 1 is 1.43 bits per heavy atom. The number of rotatable bonds is 4. The summed E-state index contributed by atoms with van der Waals surface area (Å²) in [6.07, 6.45) is 2.11. The Morgan fingerprint density at radius 2 is 2.14 bits per heavy atom. The Morgan fingerprint density at radius 3 is 2.81 bits per heavy atom. The maximum atomic E-state index is 12.0. The van der Waals surface area contributed by atoms with Gasteiger partial charge in [-0.1, -0.05) is 26.3 Å². The number of carbonyl (C=O) groups is 2. The molecule has 1 aliphatic rings. The van der Waals surface area contributed by atoms with Crippen molar-refractivity contribution in [2.24, 2.45) is 11.7 Å². The molecule has 1 aromatic carbocycles. The lowest BCUT2D eigenvalue weighted by Crippen LogP contribution is -2.40. The number of amides is 2. The highest BCUT2D eigenvalue weighted by atomic mass is 35.5. The number of anilines is 2. The van der Waals surface area contributed by atoms with Gasteiger partial charge in [-0.05, 0) is 30.0 Å². The van der Waals surface area contributed by atoms with Gasteiger partial charge in [0.05, 0.1) is 6.04 Å². The summed E-state index contributed by atoms with van der Waals surface area (Å²) in [6.45, 7) is 3.96. The van der Waals surface area contributed by atoms with Crippen LogP contribution in [-0.4, -0.2) is 17.9 Å². The van der Waals surface area contributed by atoms with Crippen LogP contribution in [0.4, 0.5) is 11.4 Å². The molecule has 6 heteroatoms. The zero-order valence-electron chi connectivity index (χ0n) is 12.3. The van der Waals surface area contributed by atoms with Gasteiger partial charge in [0.25, 0.3) is 0 Å². The van der Waals surface area contributed by atoms with Gasteiger partial charge in [-0.2, -0.15) is 0 Å². The molecule has 0 saturated heterocycles. The van der Waals surface area contributed by atoms with E-state index in [4.69, 9.17) is 5.73 Å². The van der Waals surface area contributed by atoms with Gasteiger partial charge in [0.15, 0.2) is 0 Å². The van der Waals surface area contributed by atoms with E-state index < -0.39 is 6.04 Å². The molecular weight excluding hydrogens is 290 g/mol. The fourth-order valence-corrected chi connectivity index (χ4v) is 2.19. The van der Waals surface area contributed by atoms with E-state index in [1.54, 1.807) is 6.07 Å². The highest BCUT2D eigenvalue weighted by Crippen LogP contribution is 2.26. The second kappa shape index (κ2) is 7.43. The largest absolute Gasteiger partial charge is 0.326 e. The van der Waals surface area contributed by atoms with Crippen LogP contribution >= 0.6 is 12.4 Å². The Kier molecular flexibility index (Phi) is 6.18. The smallest absolute Gasteiger partial charge is 0.241 e. The first-order valence-corrected chi connectivity index (χ1v) is 7.00. The van der Waals surface area contributed by atoms with E-state index in [2.05, 4.69) is 10.6 Å². The van der Waals surface area contributed by atoms with Crippen molar-refractivity contribution in [1.82, 2.24) is 0 Å². The SMILES string of the molecule is CCC(C)C(N)C(=O)Nc1ccc2c(c1)NC(=O)CC2.Cl. The molecule has 2 amide bonds. The number of hydrogen-bond acceptors (Lipinski definition) is 3. The van der Waals surface area contributed by atoms with Crippen LogP contribution in [0, 0.1) is 5.92 Å². The summed E-state index contributed by atoms with van der Waals surface area (Å²) in [5, 5.41) is 5.62. The second-order valence-corrected chi connectivity index (χ2v) is 5.32. The molecule has 0 fully saturated rings. The average Bonchev–Trinajstić information content (AvgIpc) is 2.45. The number of hydrogen-bond donors (Lipinski definition) is 3. The molecule has 0 spiro atoms. The van der Waals surface area contributed by atoms with Gasteiger partial charge in [0.2, 0.25) is 11.8 Å². The van der Waals surface area contributed by atoms with E-state index in [-0.39, 0.29) is 30.1 Å². The first-order valence-electron chi connectivity index (χ1n) is 7.00. The molecule has 0 bridgehead atoms. The third-order valence-electron chi connectivity index (χ3n) is 3.83. The van der Waals surface area contributed by atoms with Crippen LogP contribution in [0.25, 0.3) is 0 Å². The highest BCUT2D eigenvalue weighted by Gasteiger charge is 2.20. The molecule has 2 unspecified atom stereocenters. The number of halogens is 1. The lowest BCUT2D eigenvalue weighted by molar-refractivity contribution is -0.118. The van der Waals surface area contributed by atoms with Crippen molar-refractivity contribution in [2.75, 3.05) is 10.6 Å². The first-order chi connectivity index (χ1) is 9.51.